The lowest BCUT2D eigenvalue weighted by Crippen LogP contribution is -2.02. The van der Waals surface area contributed by atoms with Gasteiger partial charge in [-0.3, -0.25) is 0 Å². The lowest BCUT2D eigenvalue weighted by atomic mass is 10.2. The number of hydrogen-bond acceptors (Lipinski definition) is 6. The van der Waals surface area contributed by atoms with Crippen molar-refractivity contribution >= 4 is 34.2 Å². The summed E-state index contributed by atoms with van der Waals surface area (Å²) in [5.41, 5.74) is 6.39. The first-order valence-corrected chi connectivity index (χ1v) is 8.35. The summed E-state index contributed by atoms with van der Waals surface area (Å²) in [6, 6.07) is 15.7. The molecular weight excluding hydrogens is 328 g/mol. The summed E-state index contributed by atoms with van der Waals surface area (Å²) in [5, 5.41) is 13.7. The van der Waals surface area contributed by atoms with Gasteiger partial charge in [0.25, 0.3) is 5.95 Å². The maximum absolute atomic E-state index is 5.30. The van der Waals surface area contributed by atoms with Crippen molar-refractivity contribution in [3.63, 3.8) is 0 Å². The largest absolute Gasteiger partial charge is 0.496 e. The molecule has 4 aromatic rings. The average Bonchev–Trinajstić information content (AvgIpc) is 3.01. The first kappa shape index (κ1) is 16.0. The second kappa shape index (κ2) is 6.79. The molecule has 2 aromatic carbocycles. The predicted octanol–water partition coefficient (Wildman–Crippen LogP) is 3.45. The van der Waals surface area contributed by atoms with E-state index in [1.54, 1.807) is 13.3 Å². The molecule has 4 rings (SSSR count). The van der Waals surface area contributed by atoms with Gasteiger partial charge in [-0.2, -0.15) is 10.1 Å². The second-order valence-corrected chi connectivity index (χ2v) is 5.68. The average molecular weight is 346 g/mol. The molecule has 0 radical (unpaired) electrons. The quantitative estimate of drug-likeness (QED) is 0.442. The van der Waals surface area contributed by atoms with Gasteiger partial charge in [0, 0.05) is 17.5 Å². The highest BCUT2D eigenvalue weighted by molar-refractivity contribution is 6.04. The zero-order valence-corrected chi connectivity index (χ0v) is 14.5. The van der Waals surface area contributed by atoms with Crippen LogP contribution >= 0.6 is 0 Å². The van der Waals surface area contributed by atoms with Gasteiger partial charge >= 0.3 is 0 Å². The Morgan fingerprint density at radius 3 is 2.77 bits per heavy atom. The summed E-state index contributed by atoms with van der Waals surface area (Å²) < 4.78 is 7.42. The molecule has 0 aliphatic rings. The summed E-state index contributed by atoms with van der Waals surface area (Å²) in [6.45, 7) is 2.88. The van der Waals surface area contributed by atoms with Crippen LogP contribution in [0.25, 0.3) is 22.1 Å². The van der Waals surface area contributed by atoms with E-state index in [4.69, 9.17) is 4.74 Å². The molecule has 0 atom stereocenters. The van der Waals surface area contributed by atoms with Crippen molar-refractivity contribution in [2.24, 2.45) is 5.10 Å². The number of hydrazone groups is 1. The Morgan fingerprint density at radius 1 is 1.12 bits per heavy atom. The molecular formula is C19H18N6O. The number of para-hydroxylation sites is 2. The Bertz CT molecular complexity index is 1100. The van der Waals surface area contributed by atoms with Gasteiger partial charge in [-0.05, 0) is 25.1 Å². The van der Waals surface area contributed by atoms with Gasteiger partial charge in [0.15, 0.2) is 5.65 Å². The Morgan fingerprint density at radius 2 is 1.92 bits per heavy atom. The molecule has 0 amide bonds. The highest BCUT2D eigenvalue weighted by Crippen LogP contribution is 2.26. The van der Waals surface area contributed by atoms with Crippen molar-refractivity contribution in [2.45, 2.75) is 13.5 Å². The summed E-state index contributed by atoms with van der Waals surface area (Å²) in [5.74, 6) is 1.10. The van der Waals surface area contributed by atoms with E-state index >= 15 is 0 Å². The van der Waals surface area contributed by atoms with Crippen LogP contribution in [0.3, 0.4) is 0 Å². The molecule has 0 unspecified atom stereocenters. The fourth-order valence-corrected chi connectivity index (χ4v) is 3.00. The van der Waals surface area contributed by atoms with E-state index in [1.807, 2.05) is 42.5 Å². The Labute approximate surface area is 150 Å². The van der Waals surface area contributed by atoms with E-state index in [1.165, 1.54) is 0 Å². The Kier molecular flexibility index (Phi) is 4.18. The zero-order valence-electron chi connectivity index (χ0n) is 14.5. The van der Waals surface area contributed by atoms with Crippen molar-refractivity contribution < 1.29 is 4.74 Å². The number of rotatable bonds is 5. The highest BCUT2D eigenvalue weighted by Gasteiger charge is 2.13. The van der Waals surface area contributed by atoms with Crippen LogP contribution in [-0.4, -0.2) is 33.1 Å². The lowest BCUT2D eigenvalue weighted by molar-refractivity contribution is 0.414. The molecule has 0 saturated heterocycles. The first-order chi connectivity index (χ1) is 12.8. The number of fused-ring (bicyclic) bond motifs is 3. The summed E-state index contributed by atoms with van der Waals surface area (Å²) in [7, 11) is 1.63. The van der Waals surface area contributed by atoms with Crippen molar-refractivity contribution in [1.29, 1.82) is 0 Å². The summed E-state index contributed by atoms with van der Waals surface area (Å²) >= 11 is 0. The minimum atomic E-state index is 0.348. The molecule has 7 nitrogen and oxygen atoms in total. The van der Waals surface area contributed by atoms with Crippen LogP contribution in [0.15, 0.2) is 53.6 Å². The van der Waals surface area contributed by atoms with E-state index in [9.17, 15) is 0 Å². The predicted molar refractivity (Wildman–Crippen MR) is 103 cm³/mol. The third-order valence-electron chi connectivity index (χ3n) is 4.20. The number of aryl methyl sites for hydroxylation is 1. The van der Waals surface area contributed by atoms with Crippen LogP contribution in [0.5, 0.6) is 5.75 Å². The van der Waals surface area contributed by atoms with Crippen LogP contribution in [0.1, 0.15) is 12.5 Å². The molecule has 0 aliphatic carbocycles. The maximum atomic E-state index is 5.30. The number of nitrogens with zero attached hydrogens (tertiary/aromatic N) is 5. The topological polar surface area (TPSA) is 77.2 Å². The third kappa shape index (κ3) is 2.73. The summed E-state index contributed by atoms with van der Waals surface area (Å²) in [6.07, 6.45) is 1.67. The zero-order chi connectivity index (χ0) is 17.9. The van der Waals surface area contributed by atoms with Gasteiger partial charge in [-0.1, -0.05) is 30.3 Å². The van der Waals surface area contributed by atoms with Crippen LogP contribution in [0.4, 0.5) is 5.95 Å². The fraction of sp³-hybridized carbons (Fsp3) is 0.158. The first-order valence-electron chi connectivity index (χ1n) is 8.35. The van der Waals surface area contributed by atoms with Crippen LogP contribution in [0.2, 0.25) is 0 Å². The van der Waals surface area contributed by atoms with Crippen molar-refractivity contribution in [1.82, 2.24) is 19.7 Å². The standard InChI is InChI=1S/C19H18N6O/c1-3-25-15-10-6-5-9-14(15)17-18(25)21-19(24-22-17)23-20-12-13-8-4-7-11-16(13)26-2/h4-12H,3H2,1-2H3,(H,21,23,24)/b20-12-. The van der Waals surface area contributed by atoms with Gasteiger partial charge in [-0.25, -0.2) is 5.43 Å². The van der Waals surface area contributed by atoms with E-state index in [2.05, 4.69) is 43.3 Å². The number of ether oxygens (including phenoxy) is 1. The molecule has 7 heteroatoms. The molecule has 1 N–H and O–H groups in total. The molecule has 0 aliphatic heterocycles. The van der Waals surface area contributed by atoms with Gasteiger partial charge in [-0.15, -0.1) is 10.2 Å². The molecule has 0 spiro atoms. The van der Waals surface area contributed by atoms with Crippen LogP contribution < -0.4 is 10.2 Å². The normalized spacial score (nSPS) is 11.5. The van der Waals surface area contributed by atoms with Crippen molar-refractivity contribution in [2.75, 3.05) is 12.5 Å². The minimum Gasteiger partial charge on any atom is -0.496 e. The molecule has 2 heterocycles. The monoisotopic (exact) mass is 346 g/mol. The molecule has 2 aromatic heterocycles. The third-order valence-corrected chi connectivity index (χ3v) is 4.20. The van der Waals surface area contributed by atoms with Crippen LogP contribution in [-0.2, 0) is 6.54 Å². The minimum absolute atomic E-state index is 0.348. The van der Waals surface area contributed by atoms with E-state index in [-0.39, 0.29) is 0 Å². The SMILES string of the molecule is CCn1c2ccccc2c2nnc(N/N=C\c3ccccc3OC)nc21. The number of hydrogen-bond donors (Lipinski definition) is 1. The lowest BCUT2D eigenvalue weighted by Gasteiger charge is -2.04. The van der Waals surface area contributed by atoms with E-state index in [0.29, 0.717) is 5.95 Å². The second-order valence-electron chi connectivity index (χ2n) is 5.68. The van der Waals surface area contributed by atoms with Gasteiger partial charge in [0.2, 0.25) is 0 Å². The number of methoxy groups -OCH3 is 1. The molecule has 0 fully saturated rings. The van der Waals surface area contributed by atoms with Gasteiger partial charge in [0.05, 0.1) is 18.8 Å². The Hall–Kier alpha value is -3.48. The molecule has 0 bridgehead atoms. The van der Waals surface area contributed by atoms with Crippen molar-refractivity contribution in [3.05, 3.63) is 54.1 Å². The number of aromatic nitrogens is 4. The molecule has 26 heavy (non-hydrogen) atoms. The smallest absolute Gasteiger partial charge is 0.265 e. The Balaban J connectivity index is 1.67. The number of benzene rings is 2. The van der Waals surface area contributed by atoms with E-state index < -0.39 is 0 Å². The van der Waals surface area contributed by atoms with Crippen molar-refractivity contribution in [3.8, 4) is 5.75 Å². The molecule has 0 saturated carbocycles. The summed E-state index contributed by atoms with van der Waals surface area (Å²) in [4.78, 5) is 4.59. The van der Waals surface area contributed by atoms with E-state index in [0.717, 1.165) is 39.9 Å². The van der Waals surface area contributed by atoms with Gasteiger partial charge < -0.3 is 9.30 Å². The highest BCUT2D eigenvalue weighted by atomic mass is 16.5. The van der Waals surface area contributed by atoms with Gasteiger partial charge in [0.1, 0.15) is 11.3 Å². The number of nitrogens with one attached hydrogen (secondary N) is 1. The number of anilines is 1. The van der Waals surface area contributed by atoms with Crippen LogP contribution in [0, 0.1) is 0 Å². The maximum Gasteiger partial charge on any atom is 0.265 e. The fourth-order valence-electron chi connectivity index (χ4n) is 3.00. The molecule has 130 valence electrons.